The van der Waals surface area contributed by atoms with Crippen LogP contribution in [0, 0.1) is 0 Å². The number of hydrogen-bond donors (Lipinski definition) is 1. The van der Waals surface area contributed by atoms with E-state index < -0.39 is 0 Å². The number of hydrogen-bond acceptors (Lipinski definition) is 2. The van der Waals surface area contributed by atoms with Gasteiger partial charge in [-0.05, 0) is 38.0 Å². The first-order chi connectivity index (χ1) is 8.08. The van der Waals surface area contributed by atoms with Gasteiger partial charge in [-0.25, -0.2) is 0 Å². The van der Waals surface area contributed by atoms with E-state index in [1.807, 2.05) is 36.1 Å². The van der Waals surface area contributed by atoms with Gasteiger partial charge in [0.25, 0.3) is 0 Å². The molecule has 1 amide bonds. The average Bonchev–Trinajstić information content (AvgIpc) is 2.32. The van der Waals surface area contributed by atoms with Crippen LogP contribution in [-0.4, -0.2) is 23.4 Å². The molecule has 0 aliphatic carbocycles. The first-order valence-corrected chi connectivity index (χ1v) is 6.22. The Balaban J connectivity index is 2.67. The van der Waals surface area contributed by atoms with Crippen LogP contribution in [0.4, 0.5) is 5.69 Å². The summed E-state index contributed by atoms with van der Waals surface area (Å²) in [6.07, 6.45) is 1.44. The zero-order chi connectivity index (χ0) is 12.8. The summed E-state index contributed by atoms with van der Waals surface area (Å²) in [5.74, 6) is 0.187. The lowest BCUT2D eigenvalue weighted by molar-refractivity contribution is -0.132. The molecule has 0 bridgehead atoms. The number of carbonyl (C=O) groups is 1. The highest BCUT2D eigenvalue weighted by atomic mass is 16.2. The summed E-state index contributed by atoms with van der Waals surface area (Å²) in [6, 6.07) is 7.81. The van der Waals surface area contributed by atoms with Crippen molar-refractivity contribution in [3.8, 4) is 0 Å². The topological polar surface area (TPSA) is 46.3 Å². The van der Waals surface area contributed by atoms with E-state index in [4.69, 9.17) is 5.73 Å². The number of nitrogens with zero attached hydrogens (tertiary/aromatic N) is 1. The SMILES string of the molecule is CCC(C)N(CC)C(=O)Cc1ccc(N)cc1. The molecule has 0 saturated carbocycles. The Bertz CT molecular complexity index is 359. The number of amides is 1. The Morgan fingerprint density at radius 2 is 1.88 bits per heavy atom. The summed E-state index contributed by atoms with van der Waals surface area (Å²) in [5.41, 5.74) is 7.37. The lowest BCUT2D eigenvalue weighted by Gasteiger charge is -2.27. The average molecular weight is 234 g/mol. The van der Waals surface area contributed by atoms with Crippen LogP contribution in [0.1, 0.15) is 32.8 Å². The molecule has 1 unspecified atom stereocenters. The molecule has 0 fully saturated rings. The lowest BCUT2D eigenvalue weighted by Crippen LogP contribution is -2.39. The van der Waals surface area contributed by atoms with Gasteiger partial charge < -0.3 is 10.6 Å². The standard InChI is InChI=1S/C14H22N2O/c1-4-11(3)16(5-2)14(17)10-12-6-8-13(15)9-7-12/h6-9,11H,4-5,10,15H2,1-3H3. The molecule has 0 radical (unpaired) electrons. The molecule has 94 valence electrons. The Morgan fingerprint density at radius 3 is 2.35 bits per heavy atom. The van der Waals surface area contributed by atoms with Crippen molar-refractivity contribution >= 4 is 11.6 Å². The molecule has 0 spiro atoms. The van der Waals surface area contributed by atoms with Crippen molar-refractivity contribution < 1.29 is 4.79 Å². The molecule has 1 rings (SSSR count). The van der Waals surface area contributed by atoms with Crippen molar-refractivity contribution in [3.63, 3.8) is 0 Å². The third kappa shape index (κ3) is 3.77. The second kappa shape index (κ2) is 6.28. The molecule has 0 saturated heterocycles. The fourth-order valence-corrected chi connectivity index (χ4v) is 1.87. The molecule has 3 heteroatoms. The molecule has 17 heavy (non-hydrogen) atoms. The predicted molar refractivity (Wildman–Crippen MR) is 71.7 cm³/mol. The van der Waals surface area contributed by atoms with E-state index in [9.17, 15) is 4.79 Å². The van der Waals surface area contributed by atoms with Crippen LogP contribution in [0.3, 0.4) is 0 Å². The van der Waals surface area contributed by atoms with E-state index in [0.717, 1.165) is 24.2 Å². The van der Waals surface area contributed by atoms with E-state index in [2.05, 4.69) is 13.8 Å². The Labute approximate surface area is 104 Å². The van der Waals surface area contributed by atoms with Crippen molar-refractivity contribution in [2.24, 2.45) is 0 Å². The van der Waals surface area contributed by atoms with Crippen LogP contribution in [0.15, 0.2) is 24.3 Å². The Morgan fingerprint density at radius 1 is 1.29 bits per heavy atom. The molecule has 2 N–H and O–H groups in total. The molecule has 0 aromatic heterocycles. The fourth-order valence-electron chi connectivity index (χ4n) is 1.87. The van der Waals surface area contributed by atoms with Crippen LogP contribution in [0.2, 0.25) is 0 Å². The number of nitrogens with two attached hydrogens (primary N) is 1. The molecule has 0 aliphatic rings. The zero-order valence-corrected chi connectivity index (χ0v) is 10.9. The van der Waals surface area contributed by atoms with Gasteiger partial charge >= 0.3 is 0 Å². The second-order valence-electron chi connectivity index (χ2n) is 4.36. The van der Waals surface area contributed by atoms with Crippen LogP contribution in [0.5, 0.6) is 0 Å². The molecular formula is C14H22N2O. The maximum atomic E-state index is 12.1. The Kier molecular flexibility index (Phi) is 5.01. The van der Waals surface area contributed by atoms with Crippen molar-refractivity contribution in [2.75, 3.05) is 12.3 Å². The van der Waals surface area contributed by atoms with Gasteiger partial charge in [0, 0.05) is 18.3 Å². The summed E-state index contributed by atoms with van der Waals surface area (Å²) in [4.78, 5) is 14.1. The van der Waals surface area contributed by atoms with Gasteiger partial charge in [0.15, 0.2) is 0 Å². The van der Waals surface area contributed by atoms with E-state index in [1.54, 1.807) is 0 Å². The normalized spacial score (nSPS) is 12.2. The van der Waals surface area contributed by atoms with E-state index >= 15 is 0 Å². The maximum Gasteiger partial charge on any atom is 0.227 e. The summed E-state index contributed by atoms with van der Waals surface area (Å²) in [5, 5.41) is 0. The number of rotatable bonds is 5. The van der Waals surface area contributed by atoms with Crippen LogP contribution >= 0.6 is 0 Å². The largest absolute Gasteiger partial charge is 0.399 e. The van der Waals surface area contributed by atoms with Crippen molar-refractivity contribution in [3.05, 3.63) is 29.8 Å². The smallest absolute Gasteiger partial charge is 0.227 e. The first kappa shape index (κ1) is 13.6. The third-order valence-electron chi connectivity index (χ3n) is 3.12. The highest BCUT2D eigenvalue weighted by Gasteiger charge is 2.16. The summed E-state index contributed by atoms with van der Waals surface area (Å²) in [7, 11) is 0. The summed E-state index contributed by atoms with van der Waals surface area (Å²) in [6.45, 7) is 6.98. The first-order valence-electron chi connectivity index (χ1n) is 6.22. The van der Waals surface area contributed by atoms with Crippen LogP contribution in [-0.2, 0) is 11.2 Å². The molecule has 1 atom stereocenters. The maximum absolute atomic E-state index is 12.1. The van der Waals surface area contributed by atoms with Gasteiger partial charge in [0.1, 0.15) is 0 Å². The summed E-state index contributed by atoms with van der Waals surface area (Å²) >= 11 is 0. The predicted octanol–water partition coefficient (Wildman–Crippen LogP) is 2.46. The Hall–Kier alpha value is -1.51. The number of anilines is 1. The van der Waals surface area contributed by atoms with E-state index in [1.165, 1.54) is 0 Å². The highest BCUT2D eigenvalue weighted by molar-refractivity contribution is 5.79. The third-order valence-corrected chi connectivity index (χ3v) is 3.12. The molecule has 1 aromatic carbocycles. The minimum Gasteiger partial charge on any atom is -0.399 e. The molecule has 3 nitrogen and oxygen atoms in total. The van der Waals surface area contributed by atoms with E-state index in [-0.39, 0.29) is 5.91 Å². The van der Waals surface area contributed by atoms with E-state index in [0.29, 0.717) is 12.5 Å². The van der Waals surface area contributed by atoms with Crippen molar-refractivity contribution in [1.29, 1.82) is 0 Å². The number of likely N-dealkylation sites (N-methyl/N-ethyl adjacent to an activating group) is 1. The van der Waals surface area contributed by atoms with Gasteiger partial charge in [-0.15, -0.1) is 0 Å². The van der Waals surface area contributed by atoms with Gasteiger partial charge in [0.2, 0.25) is 5.91 Å². The molecule has 0 heterocycles. The molecule has 0 aliphatic heterocycles. The minimum atomic E-state index is 0.187. The highest BCUT2D eigenvalue weighted by Crippen LogP contribution is 2.10. The lowest BCUT2D eigenvalue weighted by atomic mass is 10.1. The van der Waals surface area contributed by atoms with Gasteiger partial charge in [-0.1, -0.05) is 19.1 Å². The van der Waals surface area contributed by atoms with Gasteiger partial charge in [0.05, 0.1) is 6.42 Å². The van der Waals surface area contributed by atoms with Gasteiger partial charge in [-0.2, -0.15) is 0 Å². The van der Waals surface area contributed by atoms with Gasteiger partial charge in [-0.3, -0.25) is 4.79 Å². The summed E-state index contributed by atoms with van der Waals surface area (Å²) < 4.78 is 0. The van der Waals surface area contributed by atoms with Crippen molar-refractivity contribution in [2.45, 2.75) is 39.7 Å². The monoisotopic (exact) mass is 234 g/mol. The molecule has 1 aromatic rings. The zero-order valence-electron chi connectivity index (χ0n) is 10.9. The second-order valence-corrected chi connectivity index (χ2v) is 4.36. The number of benzene rings is 1. The van der Waals surface area contributed by atoms with Crippen LogP contribution in [0.25, 0.3) is 0 Å². The quantitative estimate of drug-likeness (QED) is 0.795. The molecular weight excluding hydrogens is 212 g/mol. The fraction of sp³-hybridized carbons (Fsp3) is 0.500. The number of carbonyl (C=O) groups excluding carboxylic acids is 1. The van der Waals surface area contributed by atoms with Crippen LogP contribution < -0.4 is 5.73 Å². The number of nitrogen functional groups attached to an aromatic ring is 1. The minimum absolute atomic E-state index is 0.187. The van der Waals surface area contributed by atoms with Crippen molar-refractivity contribution in [1.82, 2.24) is 4.90 Å².